The first-order valence-electron chi connectivity index (χ1n) is 5.52. The average Bonchev–Trinajstić information content (AvgIpc) is 2.30. The third-order valence-electron chi connectivity index (χ3n) is 1.35. The Morgan fingerprint density at radius 3 is 2.00 bits per heavy atom. The summed E-state index contributed by atoms with van der Waals surface area (Å²) >= 11 is 0. The Morgan fingerprint density at radius 1 is 1.29 bits per heavy atom. The lowest BCUT2D eigenvalue weighted by molar-refractivity contribution is 0.741. The molecular formula is C13H26N3P. The van der Waals surface area contributed by atoms with Crippen molar-refractivity contribution in [2.45, 2.75) is 20.4 Å². The van der Waals surface area contributed by atoms with Gasteiger partial charge in [-0.25, -0.2) is 0 Å². The number of rotatable bonds is 3. The first kappa shape index (κ1) is 18.6. The number of nitrogens with two attached hydrogens (primary N) is 2. The minimum absolute atomic E-state index is 0.737. The summed E-state index contributed by atoms with van der Waals surface area (Å²) in [5, 5.41) is 0. The van der Waals surface area contributed by atoms with Gasteiger partial charge < -0.3 is 5.73 Å². The smallest absolute Gasteiger partial charge is 0.0348 e. The number of allylic oxidation sites excluding steroid dienone is 1. The third-order valence-corrected chi connectivity index (χ3v) is 1.76. The summed E-state index contributed by atoms with van der Waals surface area (Å²) in [6, 6.07) is 10.0. The van der Waals surface area contributed by atoms with Crippen LogP contribution in [0.2, 0.25) is 0 Å². The van der Waals surface area contributed by atoms with E-state index in [0.29, 0.717) is 0 Å². The molecule has 1 atom stereocenters. The van der Waals surface area contributed by atoms with E-state index >= 15 is 0 Å². The first-order chi connectivity index (χ1) is 8.08. The molecule has 0 bridgehead atoms. The van der Waals surface area contributed by atoms with Crippen molar-refractivity contribution in [3.05, 3.63) is 48.0 Å². The largest absolute Gasteiger partial charge is 0.327 e. The van der Waals surface area contributed by atoms with Gasteiger partial charge in [-0.15, -0.1) is 15.2 Å². The number of hydrazine groups is 1. The summed E-state index contributed by atoms with van der Waals surface area (Å²) < 4.78 is 0. The van der Waals surface area contributed by atoms with E-state index in [1.54, 1.807) is 0 Å². The molecule has 1 rings (SSSR count). The monoisotopic (exact) mass is 255 g/mol. The molecule has 0 radical (unpaired) electrons. The highest BCUT2D eigenvalue weighted by Crippen LogP contribution is 1.95. The highest BCUT2D eigenvalue weighted by Gasteiger charge is 1.83. The molecule has 0 aliphatic carbocycles. The molecule has 0 aliphatic heterocycles. The van der Waals surface area contributed by atoms with Crippen molar-refractivity contribution in [2.75, 3.05) is 13.0 Å². The lowest BCUT2D eigenvalue weighted by Gasteiger charge is -1.95. The summed E-state index contributed by atoms with van der Waals surface area (Å²) in [6.07, 6.45) is 0.847. The van der Waals surface area contributed by atoms with Crippen LogP contribution in [0.1, 0.15) is 19.4 Å². The predicted molar refractivity (Wildman–Crippen MR) is 81.3 cm³/mol. The molecule has 0 spiro atoms. The minimum Gasteiger partial charge on any atom is -0.327 e. The Labute approximate surface area is 107 Å². The fraction of sp³-hybridized carbons (Fsp3) is 0.385. The van der Waals surface area contributed by atoms with Gasteiger partial charge >= 0.3 is 0 Å². The Morgan fingerprint density at radius 2 is 1.71 bits per heavy atom. The molecular weight excluding hydrogens is 229 g/mol. The van der Waals surface area contributed by atoms with Gasteiger partial charge in [0.1, 0.15) is 0 Å². The van der Waals surface area contributed by atoms with E-state index in [1.807, 2.05) is 44.2 Å². The molecule has 0 amide bonds. The third kappa shape index (κ3) is 21.2. The molecule has 1 unspecified atom stereocenters. The summed E-state index contributed by atoms with van der Waals surface area (Å²) in [5.74, 6) is 5.11. The van der Waals surface area contributed by atoms with E-state index in [0.717, 1.165) is 21.4 Å². The molecule has 4 heteroatoms. The number of benzene rings is 1. The van der Waals surface area contributed by atoms with Crippen LogP contribution >= 0.6 is 8.58 Å². The van der Waals surface area contributed by atoms with Crippen molar-refractivity contribution in [2.24, 2.45) is 11.6 Å². The molecule has 0 aliphatic rings. The molecule has 0 aromatic heterocycles. The SMILES string of the molecule is C=C(C)C.CPCN.NNCc1ccccc1. The van der Waals surface area contributed by atoms with Crippen LogP contribution in [0.5, 0.6) is 0 Å². The molecule has 17 heavy (non-hydrogen) atoms. The van der Waals surface area contributed by atoms with Crippen LogP contribution in [0.3, 0.4) is 0 Å². The van der Waals surface area contributed by atoms with Gasteiger partial charge in [-0.05, 0) is 26.1 Å². The van der Waals surface area contributed by atoms with Gasteiger partial charge in [-0.2, -0.15) is 0 Å². The summed E-state index contributed by atoms with van der Waals surface area (Å²) in [5.41, 5.74) is 10.00. The van der Waals surface area contributed by atoms with Crippen LogP contribution < -0.4 is 17.0 Å². The highest BCUT2D eigenvalue weighted by molar-refractivity contribution is 7.36. The Hall–Kier alpha value is -0.730. The molecule has 3 nitrogen and oxygen atoms in total. The summed E-state index contributed by atoms with van der Waals surface area (Å²) in [6.45, 7) is 10.3. The number of hydrogen-bond acceptors (Lipinski definition) is 3. The standard InChI is InChI=1S/C7H10N2.C4H8.C2H8NP/c8-9-6-7-4-2-1-3-5-7;1-4(2)3;1-4-2-3/h1-5,9H,6,8H2;1H2,2-3H3;4H,2-3H2,1H3. The van der Waals surface area contributed by atoms with E-state index in [2.05, 4.69) is 18.7 Å². The molecule has 5 N–H and O–H groups in total. The Bertz CT molecular complexity index is 257. The Kier molecular flexibility index (Phi) is 16.7. The maximum absolute atomic E-state index is 5.11. The van der Waals surface area contributed by atoms with E-state index in [4.69, 9.17) is 11.6 Å². The van der Waals surface area contributed by atoms with E-state index in [-0.39, 0.29) is 0 Å². The average molecular weight is 255 g/mol. The highest BCUT2D eigenvalue weighted by atomic mass is 31.1. The summed E-state index contributed by atoms with van der Waals surface area (Å²) in [7, 11) is 0.918. The zero-order chi connectivity index (χ0) is 13.5. The van der Waals surface area contributed by atoms with Crippen LogP contribution in [0.4, 0.5) is 0 Å². The van der Waals surface area contributed by atoms with E-state index in [9.17, 15) is 0 Å². The summed E-state index contributed by atoms with van der Waals surface area (Å²) in [4.78, 5) is 0. The maximum atomic E-state index is 5.11. The number of nitrogens with one attached hydrogen (secondary N) is 1. The van der Waals surface area contributed by atoms with Crippen molar-refractivity contribution in [3.63, 3.8) is 0 Å². The van der Waals surface area contributed by atoms with Gasteiger partial charge in [0.2, 0.25) is 0 Å². The van der Waals surface area contributed by atoms with Gasteiger partial charge in [0.05, 0.1) is 0 Å². The lowest BCUT2D eigenvalue weighted by atomic mass is 10.2. The van der Waals surface area contributed by atoms with Crippen LogP contribution in [0.15, 0.2) is 42.5 Å². The zero-order valence-corrected chi connectivity index (χ0v) is 12.2. The van der Waals surface area contributed by atoms with Gasteiger partial charge in [-0.1, -0.05) is 35.9 Å². The zero-order valence-electron chi connectivity index (χ0n) is 11.2. The fourth-order valence-electron chi connectivity index (χ4n) is 0.714. The quantitative estimate of drug-likeness (QED) is 0.336. The predicted octanol–water partition coefficient (Wildman–Crippen LogP) is 2.44. The van der Waals surface area contributed by atoms with Crippen LogP contribution in [-0.4, -0.2) is 13.0 Å². The molecule has 0 saturated heterocycles. The molecule has 0 fully saturated rings. The van der Waals surface area contributed by atoms with Crippen LogP contribution in [0, 0.1) is 0 Å². The van der Waals surface area contributed by atoms with Gasteiger partial charge in [0, 0.05) is 12.8 Å². The second-order valence-electron chi connectivity index (χ2n) is 3.63. The first-order valence-corrected chi connectivity index (χ1v) is 7.23. The molecule has 98 valence electrons. The molecule has 1 aromatic rings. The normalized spacial score (nSPS) is 9.00. The van der Waals surface area contributed by atoms with Gasteiger partial charge in [0.15, 0.2) is 0 Å². The molecule has 0 saturated carbocycles. The van der Waals surface area contributed by atoms with E-state index in [1.165, 1.54) is 11.1 Å². The number of hydrogen-bond donors (Lipinski definition) is 3. The second-order valence-corrected chi connectivity index (χ2v) is 4.75. The van der Waals surface area contributed by atoms with Crippen molar-refractivity contribution in [1.29, 1.82) is 0 Å². The van der Waals surface area contributed by atoms with Crippen molar-refractivity contribution in [1.82, 2.24) is 5.43 Å². The minimum atomic E-state index is 0.737. The van der Waals surface area contributed by atoms with Gasteiger partial charge in [-0.3, -0.25) is 11.3 Å². The fourth-order valence-corrected chi connectivity index (χ4v) is 0.714. The van der Waals surface area contributed by atoms with E-state index < -0.39 is 0 Å². The lowest BCUT2D eigenvalue weighted by Crippen LogP contribution is -2.20. The van der Waals surface area contributed by atoms with Crippen LogP contribution in [0.25, 0.3) is 0 Å². The molecule has 0 heterocycles. The Balaban J connectivity index is 0. The maximum Gasteiger partial charge on any atom is 0.0348 e. The van der Waals surface area contributed by atoms with Crippen molar-refractivity contribution < 1.29 is 0 Å². The van der Waals surface area contributed by atoms with Crippen molar-refractivity contribution >= 4 is 8.58 Å². The van der Waals surface area contributed by atoms with Crippen LogP contribution in [-0.2, 0) is 6.54 Å². The van der Waals surface area contributed by atoms with Crippen molar-refractivity contribution in [3.8, 4) is 0 Å². The second kappa shape index (κ2) is 15.3. The molecule has 1 aromatic carbocycles. The van der Waals surface area contributed by atoms with Gasteiger partial charge in [0.25, 0.3) is 0 Å². The topological polar surface area (TPSA) is 64.1 Å².